The molecule has 140 valence electrons. The summed E-state index contributed by atoms with van der Waals surface area (Å²) in [4.78, 5) is 18.7. The lowest BCUT2D eigenvalue weighted by Crippen LogP contribution is -3.08. The molecule has 0 aliphatic carbocycles. The van der Waals surface area contributed by atoms with Gasteiger partial charge in [0.2, 0.25) is 5.82 Å². The van der Waals surface area contributed by atoms with Crippen LogP contribution in [0, 0.1) is 0 Å². The van der Waals surface area contributed by atoms with Crippen molar-refractivity contribution in [1.29, 1.82) is 0 Å². The molecule has 1 unspecified atom stereocenters. The van der Waals surface area contributed by atoms with Crippen LogP contribution in [-0.4, -0.2) is 35.9 Å². The van der Waals surface area contributed by atoms with Gasteiger partial charge >= 0.3 is 0 Å². The summed E-state index contributed by atoms with van der Waals surface area (Å²) >= 11 is 7.59. The Kier molecular flexibility index (Phi) is 6.49. The second kappa shape index (κ2) is 9.03. The topological polar surface area (TPSA) is 72.5 Å². The molecule has 1 atom stereocenters. The van der Waals surface area contributed by atoms with E-state index in [1.54, 1.807) is 23.9 Å². The molecule has 8 heteroatoms. The van der Waals surface area contributed by atoms with E-state index < -0.39 is 0 Å². The van der Waals surface area contributed by atoms with Gasteiger partial charge in [-0.15, -0.1) is 11.8 Å². The lowest BCUT2D eigenvalue weighted by atomic mass is 10.2. The van der Waals surface area contributed by atoms with E-state index in [9.17, 15) is 4.79 Å². The molecule has 3 aromatic rings. The first-order valence-electron chi connectivity index (χ1n) is 8.38. The van der Waals surface area contributed by atoms with Crippen LogP contribution in [0.3, 0.4) is 0 Å². The summed E-state index contributed by atoms with van der Waals surface area (Å²) in [7, 11) is 1.91. The van der Waals surface area contributed by atoms with Crippen LogP contribution in [0.4, 0.5) is 5.69 Å². The number of halogens is 1. The van der Waals surface area contributed by atoms with Crippen LogP contribution >= 0.6 is 23.4 Å². The Morgan fingerprint density at radius 3 is 2.85 bits per heavy atom. The van der Waals surface area contributed by atoms with Gasteiger partial charge in [0, 0.05) is 15.5 Å². The summed E-state index contributed by atoms with van der Waals surface area (Å²) in [5.74, 6) is 0.891. The van der Waals surface area contributed by atoms with Crippen LogP contribution in [0.15, 0.2) is 57.9 Å². The smallest absolute Gasteiger partial charge is 0.282 e. The molecule has 0 saturated carbocycles. The van der Waals surface area contributed by atoms with Crippen LogP contribution in [0.5, 0.6) is 0 Å². The van der Waals surface area contributed by atoms with Gasteiger partial charge in [-0.05, 0) is 30.5 Å². The predicted octanol–water partition coefficient (Wildman–Crippen LogP) is 2.77. The van der Waals surface area contributed by atoms with E-state index in [1.165, 1.54) is 0 Å². The van der Waals surface area contributed by atoms with Gasteiger partial charge in [0.05, 0.1) is 12.7 Å². The molecule has 0 fully saturated rings. The molecule has 0 radical (unpaired) electrons. The quantitative estimate of drug-likeness (QED) is 0.593. The summed E-state index contributed by atoms with van der Waals surface area (Å²) in [5, 5.41) is 7.56. The molecule has 1 amide bonds. The highest BCUT2D eigenvalue weighted by Crippen LogP contribution is 2.24. The Morgan fingerprint density at radius 2 is 2.07 bits per heavy atom. The molecule has 0 bridgehead atoms. The third-order valence-electron chi connectivity index (χ3n) is 3.85. The summed E-state index contributed by atoms with van der Waals surface area (Å²) in [5.41, 5.74) is 1.62. The van der Waals surface area contributed by atoms with Crippen molar-refractivity contribution in [1.82, 2.24) is 10.1 Å². The molecule has 0 saturated heterocycles. The Balaban J connectivity index is 1.58. The number of rotatable bonds is 7. The number of carbonyl (C=O) groups excluding carboxylic acids is 1. The molecule has 3 rings (SSSR count). The van der Waals surface area contributed by atoms with Gasteiger partial charge in [0.15, 0.2) is 13.1 Å². The van der Waals surface area contributed by atoms with Gasteiger partial charge in [-0.25, -0.2) is 0 Å². The molecule has 1 aromatic heterocycles. The maximum Gasteiger partial charge on any atom is 0.282 e. The van der Waals surface area contributed by atoms with Gasteiger partial charge in [-0.1, -0.05) is 41.0 Å². The van der Waals surface area contributed by atoms with E-state index in [0.717, 1.165) is 21.0 Å². The molecule has 2 N–H and O–H groups in total. The fourth-order valence-corrected chi connectivity index (χ4v) is 3.35. The van der Waals surface area contributed by atoms with Crippen LogP contribution in [0.2, 0.25) is 5.02 Å². The van der Waals surface area contributed by atoms with Gasteiger partial charge in [0.1, 0.15) is 0 Å². The van der Waals surface area contributed by atoms with Gasteiger partial charge in [-0.3, -0.25) is 4.79 Å². The molecule has 0 aliphatic rings. The van der Waals surface area contributed by atoms with Crippen molar-refractivity contribution >= 4 is 35.0 Å². The maximum atomic E-state index is 12.3. The molecule has 6 nitrogen and oxygen atoms in total. The zero-order valence-electron chi connectivity index (χ0n) is 15.0. The van der Waals surface area contributed by atoms with Crippen LogP contribution in [0.25, 0.3) is 11.4 Å². The lowest BCUT2D eigenvalue weighted by Gasteiger charge is -2.13. The summed E-state index contributed by atoms with van der Waals surface area (Å²) in [6.45, 7) is 0.739. The van der Waals surface area contributed by atoms with Crippen molar-refractivity contribution in [2.24, 2.45) is 0 Å². The highest BCUT2D eigenvalue weighted by molar-refractivity contribution is 7.98. The molecule has 27 heavy (non-hydrogen) atoms. The minimum absolute atomic E-state index is 0.0661. The summed E-state index contributed by atoms with van der Waals surface area (Å²) in [6, 6.07) is 15.0. The Bertz CT molecular complexity index is 931. The minimum Gasteiger partial charge on any atom is -0.333 e. The van der Waals surface area contributed by atoms with Crippen LogP contribution < -0.4 is 10.2 Å². The standard InChI is InChI=1S/C19H19ClN4O2S/c1-24(11-17(25)21-15-8-3-4-9-16(15)27-2)12-18-22-19(23-26-18)13-6-5-7-14(20)10-13/h3-10H,11-12H2,1-2H3,(H,21,25)/p+1. The van der Waals surface area contributed by atoms with Crippen LogP contribution in [-0.2, 0) is 11.3 Å². The number of hydrogen-bond acceptors (Lipinski definition) is 5. The second-order valence-electron chi connectivity index (χ2n) is 6.08. The fraction of sp³-hybridized carbons (Fsp3) is 0.211. The van der Waals surface area contributed by atoms with Crippen molar-refractivity contribution in [3.8, 4) is 11.4 Å². The fourth-order valence-electron chi connectivity index (χ4n) is 2.61. The monoisotopic (exact) mass is 403 g/mol. The molecule has 2 aromatic carbocycles. The SMILES string of the molecule is CSc1ccccc1NC(=O)C[NH+](C)Cc1nc(-c2cccc(Cl)c2)no1. The molecule has 0 spiro atoms. The lowest BCUT2D eigenvalue weighted by molar-refractivity contribution is -0.886. The van der Waals surface area contributed by atoms with E-state index in [-0.39, 0.29) is 12.5 Å². The number of quaternary nitrogens is 1. The number of nitrogens with zero attached hydrogens (tertiary/aromatic N) is 2. The Morgan fingerprint density at radius 1 is 1.26 bits per heavy atom. The van der Waals surface area contributed by atoms with E-state index in [0.29, 0.717) is 23.3 Å². The normalized spacial score (nSPS) is 12.0. The van der Waals surface area contributed by atoms with E-state index in [1.807, 2.05) is 49.7 Å². The van der Waals surface area contributed by atoms with Crippen molar-refractivity contribution in [3.63, 3.8) is 0 Å². The maximum absolute atomic E-state index is 12.3. The van der Waals surface area contributed by atoms with Gasteiger partial charge in [0.25, 0.3) is 11.8 Å². The number of benzene rings is 2. The van der Waals surface area contributed by atoms with E-state index >= 15 is 0 Å². The van der Waals surface area contributed by atoms with Gasteiger partial charge in [-0.2, -0.15) is 4.98 Å². The number of hydrogen-bond donors (Lipinski definition) is 2. The number of nitrogens with one attached hydrogen (secondary N) is 2. The highest BCUT2D eigenvalue weighted by Gasteiger charge is 2.16. The molecular weight excluding hydrogens is 384 g/mol. The number of thioether (sulfide) groups is 1. The average molecular weight is 404 g/mol. The molecule has 1 heterocycles. The summed E-state index contributed by atoms with van der Waals surface area (Å²) in [6.07, 6.45) is 1.98. The number of amides is 1. The third kappa shape index (κ3) is 5.32. The molecule has 0 aliphatic heterocycles. The van der Waals surface area contributed by atoms with Crippen molar-refractivity contribution in [3.05, 3.63) is 59.4 Å². The summed E-state index contributed by atoms with van der Waals surface area (Å²) < 4.78 is 5.31. The van der Waals surface area contributed by atoms with E-state index in [2.05, 4.69) is 15.5 Å². The van der Waals surface area contributed by atoms with E-state index in [4.69, 9.17) is 16.1 Å². The third-order valence-corrected chi connectivity index (χ3v) is 4.88. The first-order chi connectivity index (χ1) is 13.0. The van der Waals surface area contributed by atoms with Crippen molar-refractivity contribution < 1.29 is 14.2 Å². The van der Waals surface area contributed by atoms with Crippen molar-refractivity contribution in [2.75, 3.05) is 25.2 Å². The highest BCUT2D eigenvalue weighted by atomic mass is 35.5. The number of carbonyl (C=O) groups is 1. The average Bonchev–Trinajstić information content (AvgIpc) is 3.10. The minimum atomic E-state index is -0.0661. The second-order valence-corrected chi connectivity index (χ2v) is 7.37. The van der Waals surface area contributed by atoms with Crippen LogP contribution in [0.1, 0.15) is 5.89 Å². The number of para-hydroxylation sites is 1. The number of aromatic nitrogens is 2. The number of anilines is 1. The van der Waals surface area contributed by atoms with Crippen molar-refractivity contribution in [2.45, 2.75) is 11.4 Å². The number of likely N-dealkylation sites (N-methyl/N-ethyl adjacent to an activating group) is 1. The largest absolute Gasteiger partial charge is 0.333 e. The zero-order valence-corrected chi connectivity index (χ0v) is 16.6. The Labute approximate surface area is 166 Å². The first kappa shape index (κ1) is 19.4. The first-order valence-corrected chi connectivity index (χ1v) is 9.98. The van der Waals surface area contributed by atoms with Gasteiger partial charge < -0.3 is 14.7 Å². The Hall–Kier alpha value is -2.35. The zero-order chi connectivity index (χ0) is 19.2. The molecular formula is C19H20ClN4O2S+. The predicted molar refractivity (Wildman–Crippen MR) is 107 cm³/mol.